The first-order chi connectivity index (χ1) is 9.18. The molecule has 0 aromatic rings. The van der Waals surface area contributed by atoms with Gasteiger partial charge in [0.05, 0.1) is 7.11 Å². The molecule has 0 aliphatic heterocycles. The molecule has 2 amide bonds. The number of carboxylic acids is 1. The van der Waals surface area contributed by atoms with E-state index in [1.807, 2.05) is 13.8 Å². The normalized spacial score (nSPS) is 12.2. The highest BCUT2D eigenvalue weighted by atomic mass is 16.5. The lowest BCUT2D eigenvalue weighted by molar-refractivity contribution is -0.141. The second-order valence-electron chi connectivity index (χ2n) is 5.27. The van der Waals surface area contributed by atoms with E-state index in [1.54, 1.807) is 13.8 Å². The molecule has 0 bridgehead atoms. The van der Waals surface area contributed by atoms with Crippen molar-refractivity contribution in [2.75, 3.05) is 13.7 Å². The average Bonchev–Trinajstić information content (AvgIpc) is 2.33. The topological polar surface area (TPSA) is 95.9 Å². The van der Waals surface area contributed by atoms with Crippen LogP contribution in [0.5, 0.6) is 0 Å². The van der Waals surface area contributed by atoms with Crippen LogP contribution in [-0.4, -0.2) is 53.7 Å². The molecule has 7 nitrogen and oxygen atoms in total. The van der Waals surface area contributed by atoms with Gasteiger partial charge in [0.1, 0.15) is 12.6 Å². The van der Waals surface area contributed by atoms with Crippen molar-refractivity contribution in [1.82, 2.24) is 10.2 Å². The Kier molecular flexibility index (Phi) is 7.64. The zero-order chi connectivity index (χ0) is 15.9. The van der Waals surface area contributed by atoms with Crippen molar-refractivity contribution in [2.45, 2.75) is 46.2 Å². The standard InChI is InChI=1S/C13H24N2O5/c1-8(2)6-10(12(17)18)14-13(19)15(9(3)4)7-11(16)20-5/h8-10H,6-7H2,1-5H3,(H,14,19)(H,17,18)/t10-/m1/s1. The second kappa shape index (κ2) is 8.39. The van der Waals surface area contributed by atoms with E-state index < -0.39 is 24.0 Å². The lowest BCUT2D eigenvalue weighted by atomic mass is 10.0. The lowest BCUT2D eigenvalue weighted by Gasteiger charge is -2.27. The lowest BCUT2D eigenvalue weighted by Crippen LogP contribution is -2.52. The first-order valence-electron chi connectivity index (χ1n) is 6.55. The molecule has 0 saturated heterocycles. The zero-order valence-corrected chi connectivity index (χ0v) is 12.7. The summed E-state index contributed by atoms with van der Waals surface area (Å²) in [5, 5.41) is 11.5. The third kappa shape index (κ3) is 6.40. The minimum atomic E-state index is -1.09. The highest BCUT2D eigenvalue weighted by Crippen LogP contribution is 2.07. The van der Waals surface area contributed by atoms with Gasteiger partial charge in [-0.2, -0.15) is 0 Å². The van der Waals surface area contributed by atoms with Crippen LogP contribution in [0.25, 0.3) is 0 Å². The molecule has 0 aromatic carbocycles. The van der Waals surface area contributed by atoms with Crippen molar-refractivity contribution >= 4 is 18.0 Å². The summed E-state index contributed by atoms with van der Waals surface area (Å²) in [7, 11) is 1.23. The van der Waals surface area contributed by atoms with Crippen LogP contribution >= 0.6 is 0 Å². The zero-order valence-electron chi connectivity index (χ0n) is 12.7. The summed E-state index contributed by atoms with van der Waals surface area (Å²) < 4.78 is 4.52. The van der Waals surface area contributed by atoms with E-state index >= 15 is 0 Å². The number of rotatable bonds is 7. The van der Waals surface area contributed by atoms with Crippen LogP contribution in [0.15, 0.2) is 0 Å². The second-order valence-corrected chi connectivity index (χ2v) is 5.27. The van der Waals surface area contributed by atoms with Crippen LogP contribution in [-0.2, 0) is 14.3 Å². The molecule has 0 saturated carbocycles. The number of aliphatic carboxylic acids is 1. The smallest absolute Gasteiger partial charge is 0.326 e. The minimum Gasteiger partial charge on any atom is -0.480 e. The van der Waals surface area contributed by atoms with E-state index in [0.717, 1.165) is 0 Å². The van der Waals surface area contributed by atoms with Gasteiger partial charge in [-0.3, -0.25) is 4.79 Å². The number of carbonyl (C=O) groups is 3. The monoisotopic (exact) mass is 288 g/mol. The fourth-order valence-corrected chi connectivity index (χ4v) is 1.62. The molecule has 0 fully saturated rings. The predicted molar refractivity (Wildman–Crippen MR) is 73.3 cm³/mol. The van der Waals surface area contributed by atoms with Crippen molar-refractivity contribution in [1.29, 1.82) is 0 Å². The molecule has 0 rings (SSSR count). The number of carboxylic acid groups (broad SMARTS) is 1. The first kappa shape index (κ1) is 18.2. The maximum Gasteiger partial charge on any atom is 0.326 e. The Hall–Kier alpha value is -1.79. The molecule has 0 aromatic heterocycles. The number of methoxy groups -OCH3 is 1. The van der Waals surface area contributed by atoms with Gasteiger partial charge in [0.2, 0.25) is 0 Å². The Labute approximate surface area is 119 Å². The van der Waals surface area contributed by atoms with E-state index in [2.05, 4.69) is 10.1 Å². The quantitative estimate of drug-likeness (QED) is 0.683. The van der Waals surface area contributed by atoms with E-state index in [4.69, 9.17) is 5.11 Å². The highest BCUT2D eigenvalue weighted by molar-refractivity contribution is 5.85. The first-order valence-corrected chi connectivity index (χ1v) is 6.55. The molecule has 0 heterocycles. The third-order valence-corrected chi connectivity index (χ3v) is 2.71. The molecule has 0 aliphatic rings. The summed E-state index contributed by atoms with van der Waals surface area (Å²) >= 11 is 0. The van der Waals surface area contributed by atoms with Crippen LogP contribution in [0.2, 0.25) is 0 Å². The fourth-order valence-electron chi connectivity index (χ4n) is 1.62. The van der Waals surface area contributed by atoms with Crippen LogP contribution < -0.4 is 5.32 Å². The van der Waals surface area contributed by atoms with E-state index in [1.165, 1.54) is 12.0 Å². The summed E-state index contributed by atoms with van der Waals surface area (Å²) in [6, 6.07) is -1.80. The fraction of sp³-hybridized carbons (Fsp3) is 0.769. The number of ether oxygens (including phenoxy) is 1. The molecule has 7 heteroatoms. The number of esters is 1. The molecular weight excluding hydrogens is 264 g/mol. The molecular formula is C13H24N2O5. The van der Waals surface area contributed by atoms with E-state index in [9.17, 15) is 14.4 Å². The van der Waals surface area contributed by atoms with Gasteiger partial charge < -0.3 is 20.1 Å². The van der Waals surface area contributed by atoms with Crippen LogP contribution in [0, 0.1) is 5.92 Å². The average molecular weight is 288 g/mol. The number of nitrogens with zero attached hydrogens (tertiary/aromatic N) is 1. The molecule has 0 unspecified atom stereocenters. The molecule has 0 radical (unpaired) electrons. The van der Waals surface area contributed by atoms with Gasteiger partial charge in [-0.25, -0.2) is 9.59 Å². The van der Waals surface area contributed by atoms with Crippen molar-refractivity contribution in [2.24, 2.45) is 5.92 Å². The van der Waals surface area contributed by atoms with Gasteiger partial charge in [0, 0.05) is 6.04 Å². The van der Waals surface area contributed by atoms with Crippen molar-refractivity contribution in [3.63, 3.8) is 0 Å². The molecule has 0 spiro atoms. The van der Waals surface area contributed by atoms with Crippen LogP contribution in [0.3, 0.4) is 0 Å². The minimum absolute atomic E-state index is 0.129. The number of carbonyl (C=O) groups excluding carboxylic acids is 2. The summed E-state index contributed by atoms with van der Waals surface area (Å²) in [4.78, 5) is 35.7. The number of urea groups is 1. The summed E-state index contributed by atoms with van der Waals surface area (Å²) in [5.74, 6) is -1.51. The van der Waals surface area contributed by atoms with Crippen LogP contribution in [0.1, 0.15) is 34.1 Å². The molecule has 1 atom stereocenters. The third-order valence-electron chi connectivity index (χ3n) is 2.71. The number of hydrogen-bond acceptors (Lipinski definition) is 4. The van der Waals surface area contributed by atoms with Crippen molar-refractivity contribution in [3.8, 4) is 0 Å². The van der Waals surface area contributed by atoms with Crippen molar-refractivity contribution < 1.29 is 24.2 Å². The van der Waals surface area contributed by atoms with Gasteiger partial charge >= 0.3 is 18.0 Å². The SMILES string of the molecule is COC(=O)CN(C(=O)N[C@H](CC(C)C)C(=O)O)C(C)C. The number of nitrogens with one attached hydrogen (secondary N) is 1. The van der Waals surface area contributed by atoms with E-state index in [0.29, 0.717) is 6.42 Å². The Bertz CT molecular complexity index is 355. The largest absolute Gasteiger partial charge is 0.480 e. The van der Waals surface area contributed by atoms with Gasteiger partial charge in [-0.05, 0) is 26.2 Å². The molecule has 2 N–H and O–H groups in total. The number of hydrogen-bond donors (Lipinski definition) is 2. The highest BCUT2D eigenvalue weighted by Gasteiger charge is 2.26. The Balaban J connectivity index is 4.79. The Morgan fingerprint density at radius 2 is 1.75 bits per heavy atom. The summed E-state index contributed by atoms with van der Waals surface area (Å²) in [6.45, 7) is 7.00. The van der Waals surface area contributed by atoms with Crippen molar-refractivity contribution in [3.05, 3.63) is 0 Å². The predicted octanol–water partition coefficient (Wildman–Crippen LogP) is 1.08. The van der Waals surface area contributed by atoms with Gasteiger partial charge in [0.15, 0.2) is 0 Å². The van der Waals surface area contributed by atoms with Gasteiger partial charge in [-0.15, -0.1) is 0 Å². The van der Waals surface area contributed by atoms with Gasteiger partial charge in [-0.1, -0.05) is 13.8 Å². The van der Waals surface area contributed by atoms with E-state index in [-0.39, 0.29) is 18.5 Å². The molecule has 20 heavy (non-hydrogen) atoms. The Morgan fingerprint density at radius 3 is 2.10 bits per heavy atom. The summed E-state index contributed by atoms with van der Waals surface area (Å²) in [6.07, 6.45) is 0.325. The molecule has 0 aliphatic carbocycles. The summed E-state index contributed by atoms with van der Waals surface area (Å²) in [5.41, 5.74) is 0. The maximum absolute atomic E-state index is 12.1. The maximum atomic E-state index is 12.1. The number of amides is 2. The van der Waals surface area contributed by atoms with Gasteiger partial charge in [0.25, 0.3) is 0 Å². The van der Waals surface area contributed by atoms with Crippen LogP contribution in [0.4, 0.5) is 4.79 Å². The Morgan fingerprint density at radius 1 is 1.20 bits per heavy atom. The molecule has 116 valence electrons.